The lowest BCUT2D eigenvalue weighted by molar-refractivity contribution is -0.121. The number of hydrogen-bond donors (Lipinski definition) is 1. The summed E-state index contributed by atoms with van der Waals surface area (Å²) in [6.45, 7) is 8.27. The normalized spacial score (nSPS) is 12.5. The minimum atomic E-state index is -3.53. The van der Waals surface area contributed by atoms with E-state index in [1.54, 1.807) is 12.1 Å². The zero-order chi connectivity index (χ0) is 22.6. The summed E-state index contributed by atoms with van der Waals surface area (Å²) < 4.78 is 25.7. The highest BCUT2D eigenvalue weighted by atomic mass is 35.5. The van der Waals surface area contributed by atoms with E-state index in [9.17, 15) is 13.2 Å². The molecule has 0 bridgehead atoms. The molecule has 0 heterocycles. The van der Waals surface area contributed by atoms with E-state index < -0.39 is 10.0 Å². The molecule has 0 aliphatic carbocycles. The number of halogens is 2. The molecule has 0 fully saturated rings. The SMILES string of the molecule is Cc1cc(C)c([C@H](C)NC(=O)CCCN(c2ccc(Cl)c(Cl)c2)S(C)(=O)=O)cc1C. The van der Waals surface area contributed by atoms with Crippen molar-refractivity contribution in [2.45, 2.75) is 46.6 Å². The van der Waals surface area contributed by atoms with Crippen LogP contribution in [0.1, 0.15) is 48.1 Å². The summed E-state index contributed by atoms with van der Waals surface area (Å²) in [5.74, 6) is -0.122. The van der Waals surface area contributed by atoms with Crippen LogP contribution in [0.3, 0.4) is 0 Å². The fourth-order valence-electron chi connectivity index (χ4n) is 3.35. The Bertz CT molecular complexity index is 1040. The van der Waals surface area contributed by atoms with Crippen LogP contribution in [-0.4, -0.2) is 27.1 Å². The summed E-state index contributed by atoms with van der Waals surface area (Å²) >= 11 is 11.9. The summed E-state index contributed by atoms with van der Waals surface area (Å²) in [5, 5.41) is 3.63. The number of benzene rings is 2. The summed E-state index contributed by atoms with van der Waals surface area (Å²) in [6.07, 6.45) is 1.71. The summed E-state index contributed by atoms with van der Waals surface area (Å²) in [7, 11) is -3.53. The van der Waals surface area contributed by atoms with Gasteiger partial charge >= 0.3 is 0 Å². The van der Waals surface area contributed by atoms with Gasteiger partial charge in [0.15, 0.2) is 0 Å². The Labute approximate surface area is 189 Å². The topological polar surface area (TPSA) is 66.5 Å². The third kappa shape index (κ3) is 6.37. The number of nitrogens with zero attached hydrogens (tertiary/aromatic N) is 1. The number of aryl methyl sites for hydroxylation is 3. The largest absolute Gasteiger partial charge is 0.350 e. The van der Waals surface area contributed by atoms with Gasteiger partial charge in [-0.15, -0.1) is 0 Å². The van der Waals surface area contributed by atoms with Gasteiger partial charge in [0.05, 0.1) is 28.0 Å². The number of nitrogens with one attached hydrogen (secondary N) is 1. The number of carbonyl (C=O) groups excluding carboxylic acids is 1. The third-order valence-corrected chi connectivity index (χ3v) is 7.02. The van der Waals surface area contributed by atoms with Crippen LogP contribution < -0.4 is 9.62 Å². The Morgan fingerprint density at radius 1 is 1.03 bits per heavy atom. The average Bonchev–Trinajstić information content (AvgIpc) is 2.63. The fourth-order valence-corrected chi connectivity index (χ4v) is 4.60. The van der Waals surface area contributed by atoms with E-state index in [1.807, 2.05) is 13.8 Å². The molecule has 5 nitrogen and oxygen atoms in total. The molecule has 1 amide bonds. The van der Waals surface area contributed by atoms with E-state index in [0.717, 1.165) is 17.4 Å². The van der Waals surface area contributed by atoms with Crippen LogP contribution in [0.25, 0.3) is 0 Å². The molecule has 8 heteroatoms. The van der Waals surface area contributed by atoms with Crippen LogP contribution in [0.15, 0.2) is 30.3 Å². The zero-order valence-electron chi connectivity index (χ0n) is 17.9. The van der Waals surface area contributed by atoms with E-state index in [1.165, 1.54) is 21.5 Å². The molecule has 164 valence electrons. The molecule has 2 aromatic carbocycles. The number of hydrogen-bond acceptors (Lipinski definition) is 3. The first-order chi connectivity index (χ1) is 13.9. The highest BCUT2D eigenvalue weighted by Crippen LogP contribution is 2.28. The molecule has 1 N–H and O–H groups in total. The van der Waals surface area contributed by atoms with Gasteiger partial charge in [0.1, 0.15) is 0 Å². The molecule has 0 spiro atoms. The van der Waals surface area contributed by atoms with E-state index >= 15 is 0 Å². The maximum Gasteiger partial charge on any atom is 0.232 e. The van der Waals surface area contributed by atoms with Gasteiger partial charge in [-0.1, -0.05) is 35.3 Å². The van der Waals surface area contributed by atoms with Crippen LogP contribution in [0.2, 0.25) is 10.0 Å². The maximum absolute atomic E-state index is 12.4. The van der Waals surface area contributed by atoms with Crippen molar-refractivity contribution in [3.05, 3.63) is 62.6 Å². The van der Waals surface area contributed by atoms with E-state index in [2.05, 4.69) is 31.3 Å². The van der Waals surface area contributed by atoms with Gasteiger partial charge in [-0.2, -0.15) is 0 Å². The molecule has 0 saturated heterocycles. The van der Waals surface area contributed by atoms with Crippen LogP contribution >= 0.6 is 23.2 Å². The van der Waals surface area contributed by atoms with Gasteiger partial charge in [0.25, 0.3) is 0 Å². The summed E-state index contributed by atoms with van der Waals surface area (Å²) in [4.78, 5) is 12.4. The van der Waals surface area contributed by atoms with Crippen molar-refractivity contribution >= 4 is 44.8 Å². The second kappa shape index (κ2) is 10.0. The molecular formula is C22H28Cl2N2O3S. The molecule has 0 unspecified atom stereocenters. The molecule has 0 saturated carbocycles. The minimum Gasteiger partial charge on any atom is -0.350 e. The number of rotatable bonds is 8. The molecule has 1 atom stereocenters. The van der Waals surface area contributed by atoms with Gasteiger partial charge < -0.3 is 5.32 Å². The molecule has 30 heavy (non-hydrogen) atoms. The van der Waals surface area contributed by atoms with Crippen molar-refractivity contribution in [1.82, 2.24) is 5.32 Å². The first kappa shape index (κ1) is 24.5. The maximum atomic E-state index is 12.4. The average molecular weight is 471 g/mol. The highest BCUT2D eigenvalue weighted by Gasteiger charge is 2.19. The second-order valence-corrected chi connectivity index (χ2v) is 10.3. The van der Waals surface area contributed by atoms with Gasteiger partial charge in [0.2, 0.25) is 15.9 Å². The predicted molar refractivity (Wildman–Crippen MR) is 125 cm³/mol. The third-order valence-electron chi connectivity index (χ3n) is 5.08. The fraction of sp³-hybridized carbons (Fsp3) is 0.409. The molecule has 0 radical (unpaired) electrons. The zero-order valence-corrected chi connectivity index (χ0v) is 20.2. The molecule has 2 rings (SSSR count). The molecular weight excluding hydrogens is 443 g/mol. The van der Waals surface area contributed by atoms with E-state index in [0.29, 0.717) is 17.1 Å². The minimum absolute atomic E-state index is 0.122. The van der Waals surface area contributed by atoms with Gasteiger partial charge in [-0.25, -0.2) is 8.42 Å². The lowest BCUT2D eigenvalue weighted by atomic mass is 9.96. The highest BCUT2D eigenvalue weighted by molar-refractivity contribution is 7.92. The number of anilines is 1. The number of amides is 1. The Kier molecular flexibility index (Phi) is 8.20. The van der Waals surface area contributed by atoms with Crippen molar-refractivity contribution in [2.75, 3.05) is 17.1 Å². The molecule has 0 aliphatic heterocycles. The Hall–Kier alpha value is -1.76. The Balaban J connectivity index is 2.00. The van der Waals surface area contributed by atoms with Crippen molar-refractivity contribution < 1.29 is 13.2 Å². The van der Waals surface area contributed by atoms with Crippen molar-refractivity contribution in [1.29, 1.82) is 0 Å². The summed E-state index contributed by atoms with van der Waals surface area (Å²) in [5.41, 5.74) is 5.04. The number of carbonyl (C=O) groups is 1. The lowest BCUT2D eigenvalue weighted by Crippen LogP contribution is -2.32. The van der Waals surface area contributed by atoms with Crippen molar-refractivity contribution in [2.24, 2.45) is 0 Å². The van der Waals surface area contributed by atoms with Crippen LogP contribution in [0.5, 0.6) is 0 Å². The predicted octanol–water partition coefficient (Wildman–Crippen LogP) is 5.34. The Morgan fingerprint density at radius 2 is 1.67 bits per heavy atom. The van der Waals surface area contributed by atoms with E-state index in [-0.39, 0.29) is 29.9 Å². The molecule has 0 aliphatic rings. The first-order valence-corrected chi connectivity index (χ1v) is 12.3. The van der Waals surface area contributed by atoms with Crippen LogP contribution in [0.4, 0.5) is 5.69 Å². The lowest BCUT2D eigenvalue weighted by Gasteiger charge is -2.23. The summed E-state index contributed by atoms with van der Waals surface area (Å²) in [6, 6.07) is 8.76. The van der Waals surface area contributed by atoms with Gasteiger partial charge in [-0.05, 0) is 74.6 Å². The first-order valence-electron chi connectivity index (χ1n) is 9.70. The standard InChI is InChI=1S/C22H28Cl2N2O3S/c1-14-11-16(3)19(12-15(14)2)17(4)25-22(27)7-6-10-26(30(5,28)29)18-8-9-20(23)21(24)13-18/h8-9,11-13,17H,6-7,10H2,1-5H3,(H,25,27)/t17-/m0/s1. The quantitative estimate of drug-likeness (QED) is 0.565. The van der Waals surface area contributed by atoms with Crippen molar-refractivity contribution in [3.8, 4) is 0 Å². The monoisotopic (exact) mass is 470 g/mol. The van der Waals surface area contributed by atoms with E-state index in [4.69, 9.17) is 23.2 Å². The molecule has 2 aromatic rings. The van der Waals surface area contributed by atoms with Crippen LogP contribution in [0, 0.1) is 20.8 Å². The molecule has 0 aromatic heterocycles. The van der Waals surface area contributed by atoms with Crippen LogP contribution in [-0.2, 0) is 14.8 Å². The van der Waals surface area contributed by atoms with Crippen molar-refractivity contribution in [3.63, 3.8) is 0 Å². The number of sulfonamides is 1. The van der Waals surface area contributed by atoms with Gasteiger partial charge in [-0.3, -0.25) is 9.10 Å². The van der Waals surface area contributed by atoms with Gasteiger partial charge in [0, 0.05) is 13.0 Å². The smallest absolute Gasteiger partial charge is 0.232 e. The second-order valence-electron chi connectivity index (χ2n) is 7.62. The Morgan fingerprint density at radius 3 is 2.27 bits per heavy atom.